The van der Waals surface area contributed by atoms with Crippen molar-refractivity contribution < 1.29 is 8.98 Å². The fraction of sp³-hybridized carbons (Fsp3) is 0.0909. The van der Waals surface area contributed by atoms with Gasteiger partial charge in [0.25, 0.3) is 0 Å². The van der Waals surface area contributed by atoms with Crippen molar-refractivity contribution in [3.05, 3.63) is 114 Å². The van der Waals surface area contributed by atoms with E-state index in [0.717, 1.165) is 55.4 Å². The minimum atomic E-state index is 0.605. The highest BCUT2D eigenvalue weighted by Crippen LogP contribution is 2.42. The zero-order valence-corrected chi connectivity index (χ0v) is 20.5. The largest absolute Gasteiger partial charge is 0.454 e. The Hall–Kier alpha value is -4.68. The van der Waals surface area contributed by atoms with Crippen molar-refractivity contribution in [2.24, 2.45) is 7.05 Å². The fourth-order valence-corrected chi connectivity index (χ4v) is 5.20. The SMILES string of the molecule is Cc1ccccc1-c1ccc(-c2c(C#N)ccc3c2oc2c(-c4cccc[n+]4C)c(C)ccc23)cc1. The molecule has 0 unspecified atom stereocenters. The van der Waals surface area contributed by atoms with Crippen molar-refractivity contribution in [1.82, 2.24) is 0 Å². The van der Waals surface area contributed by atoms with E-state index in [1.54, 1.807) is 0 Å². The van der Waals surface area contributed by atoms with E-state index in [2.05, 4.69) is 91.2 Å². The summed E-state index contributed by atoms with van der Waals surface area (Å²) in [6.07, 6.45) is 2.05. The minimum Gasteiger partial charge on any atom is -0.454 e. The van der Waals surface area contributed by atoms with Gasteiger partial charge in [-0.25, -0.2) is 4.57 Å². The predicted molar refractivity (Wildman–Crippen MR) is 145 cm³/mol. The molecule has 0 spiro atoms. The Morgan fingerprint density at radius 3 is 2.06 bits per heavy atom. The summed E-state index contributed by atoms with van der Waals surface area (Å²) in [6, 6.07) is 33.6. The van der Waals surface area contributed by atoms with Gasteiger partial charge in [-0.1, -0.05) is 60.7 Å². The number of aryl methyl sites for hydroxylation is 3. The van der Waals surface area contributed by atoms with Crippen LogP contribution in [0, 0.1) is 25.2 Å². The van der Waals surface area contributed by atoms with Crippen LogP contribution in [0.5, 0.6) is 0 Å². The highest BCUT2D eigenvalue weighted by atomic mass is 16.3. The molecule has 0 saturated heterocycles. The first-order valence-electron chi connectivity index (χ1n) is 12.1. The molecule has 2 aromatic heterocycles. The molecule has 3 heteroatoms. The molecular weight excluding hydrogens is 440 g/mol. The molecular formula is C33H25N2O+. The number of rotatable bonds is 3. The Balaban J connectivity index is 1.60. The van der Waals surface area contributed by atoms with Crippen LogP contribution in [0.25, 0.3) is 55.4 Å². The number of pyridine rings is 1. The van der Waals surface area contributed by atoms with E-state index in [0.29, 0.717) is 5.56 Å². The highest BCUT2D eigenvalue weighted by Gasteiger charge is 2.22. The van der Waals surface area contributed by atoms with E-state index < -0.39 is 0 Å². The summed E-state index contributed by atoms with van der Waals surface area (Å²) in [4.78, 5) is 0. The summed E-state index contributed by atoms with van der Waals surface area (Å²) in [5.41, 5.74) is 10.9. The molecule has 0 aliphatic rings. The standard InChI is InChI=1S/C33H25N2O/c1-21-8-4-5-9-26(21)23-12-14-24(15-13-23)31-25(20-34)16-18-28-27-17-11-22(2)30(32(27)36-33(28)31)29-10-6-7-19-35(29)3/h4-19H,1-3H3/q+1. The summed E-state index contributed by atoms with van der Waals surface area (Å²) in [5.74, 6) is 0. The second kappa shape index (κ2) is 8.52. The lowest BCUT2D eigenvalue weighted by Crippen LogP contribution is -2.30. The molecule has 6 aromatic rings. The Morgan fingerprint density at radius 1 is 0.667 bits per heavy atom. The van der Waals surface area contributed by atoms with Crippen LogP contribution in [0.2, 0.25) is 0 Å². The van der Waals surface area contributed by atoms with E-state index in [-0.39, 0.29) is 0 Å². The quantitative estimate of drug-likeness (QED) is 0.249. The van der Waals surface area contributed by atoms with Crippen LogP contribution in [0.4, 0.5) is 0 Å². The average molecular weight is 466 g/mol. The van der Waals surface area contributed by atoms with Crippen LogP contribution >= 0.6 is 0 Å². The number of hydrogen-bond donors (Lipinski definition) is 0. The first-order chi connectivity index (χ1) is 17.6. The number of nitriles is 1. The van der Waals surface area contributed by atoms with Crippen LogP contribution in [0.15, 0.2) is 102 Å². The maximum atomic E-state index is 10.0. The van der Waals surface area contributed by atoms with Crippen molar-refractivity contribution in [2.45, 2.75) is 13.8 Å². The van der Waals surface area contributed by atoms with Gasteiger partial charge in [0, 0.05) is 28.5 Å². The summed E-state index contributed by atoms with van der Waals surface area (Å²) < 4.78 is 8.78. The third kappa shape index (κ3) is 3.39. The molecule has 3 nitrogen and oxygen atoms in total. The molecule has 0 aliphatic heterocycles. The van der Waals surface area contributed by atoms with Gasteiger partial charge in [0.15, 0.2) is 6.20 Å². The van der Waals surface area contributed by atoms with Crippen molar-refractivity contribution in [3.63, 3.8) is 0 Å². The van der Waals surface area contributed by atoms with E-state index in [1.807, 2.05) is 37.5 Å². The summed E-state index contributed by atoms with van der Waals surface area (Å²) in [5, 5.41) is 12.1. The van der Waals surface area contributed by atoms with Crippen LogP contribution < -0.4 is 4.57 Å². The number of aromatic nitrogens is 1. The third-order valence-electron chi connectivity index (χ3n) is 7.08. The fourth-order valence-electron chi connectivity index (χ4n) is 5.20. The summed E-state index contributed by atoms with van der Waals surface area (Å²) in [6.45, 7) is 4.24. The molecule has 0 bridgehead atoms. The third-order valence-corrected chi connectivity index (χ3v) is 7.08. The second-order valence-electron chi connectivity index (χ2n) is 9.30. The lowest BCUT2D eigenvalue weighted by molar-refractivity contribution is -0.660. The molecule has 6 rings (SSSR count). The molecule has 0 N–H and O–H groups in total. The molecule has 0 atom stereocenters. The van der Waals surface area contributed by atoms with E-state index in [1.165, 1.54) is 11.1 Å². The van der Waals surface area contributed by atoms with E-state index in [9.17, 15) is 5.26 Å². The molecule has 4 aromatic carbocycles. The highest BCUT2D eigenvalue weighted by molar-refractivity contribution is 6.14. The van der Waals surface area contributed by atoms with E-state index >= 15 is 0 Å². The van der Waals surface area contributed by atoms with Crippen molar-refractivity contribution in [2.75, 3.05) is 0 Å². The van der Waals surface area contributed by atoms with Gasteiger partial charge in [-0.3, -0.25) is 0 Å². The predicted octanol–water partition coefficient (Wildman–Crippen LogP) is 7.90. The summed E-state index contributed by atoms with van der Waals surface area (Å²) in [7, 11) is 2.05. The number of furan rings is 1. The Bertz CT molecular complexity index is 1820. The van der Waals surface area contributed by atoms with Gasteiger partial charge in [-0.05, 0) is 59.9 Å². The number of benzene rings is 4. The molecule has 0 fully saturated rings. The summed E-state index contributed by atoms with van der Waals surface area (Å²) >= 11 is 0. The molecule has 0 aliphatic carbocycles. The number of fused-ring (bicyclic) bond motifs is 3. The maximum absolute atomic E-state index is 10.0. The van der Waals surface area contributed by atoms with Crippen LogP contribution in [-0.4, -0.2) is 0 Å². The van der Waals surface area contributed by atoms with Gasteiger partial charge in [0.1, 0.15) is 18.2 Å². The molecule has 172 valence electrons. The smallest absolute Gasteiger partial charge is 0.216 e. The van der Waals surface area contributed by atoms with Gasteiger partial charge in [0.2, 0.25) is 5.69 Å². The number of hydrogen-bond acceptors (Lipinski definition) is 2. The normalized spacial score (nSPS) is 11.2. The van der Waals surface area contributed by atoms with Crippen LogP contribution in [0.1, 0.15) is 16.7 Å². The second-order valence-corrected chi connectivity index (χ2v) is 9.30. The lowest BCUT2D eigenvalue weighted by atomic mass is 9.94. The van der Waals surface area contributed by atoms with Gasteiger partial charge >= 0.3 is 0 Å². The van der Waals surface area contributed by atoms with Gasteiger partial charge in [-0.2, -0.15) is 5.26 Å². The van der Waals surface area contributed by atoms with Crippen LogP contribution in [-0.2, 0) is 7.05 Å². The monoisotopic (exact) mass is 465 g/mol. The van der Waals surface area contributed by atoms with Gasteiger partial charge < -0.3 is 4.42 Å². The molecule has 0 saturated carbocycles. The van der Waals surface area contributed by atoms with Crippen molar-refractivity contribution >= 4 is 21.9 Å². The zero-order valence-electron chi connectivity index (χ0n) is 20.5. The van der Waals surface area contributed by atoms with Gasteiger partial charge in [-0.15, -0.1) is 0 Å². The molecule has 0 amide bonds. The maximum Gasteiger partial charge on any atom is 0.216 e. The topological polar surface area (TPSA) is 40.8 Å². The lowest BCUT2D eigenvalue weighted by Gasteiger charge is -2.09. The first kappa shape index (κ1) is 21.8. The number of nitrogens with zero attached hydrogens (tertiary/aromatic N) is 2. The molecule has 2 heterocycles. The van der Waals surface area contributed by atoms with Crippen LogP contribution in [0.3, 0.4) is 0 Å². The first-order valence-corrected chi connectivity index (χ1v) is 12.1. The Morgan fingerprint density at radius 2 is 1.33 bits per heavy atom. The van der Waals surface area contributed by atoms with Crippen molar-refractivity contribution in [1.29, 1.82) is 5.26 Å². The average Bonchev–Trinajstić information content (AvgIpc) is 3.28. The Labute approximate surface area is 210 Å². The molecule has 0 radical (unpaired) electrons. The van der Waals surface area contributed by atoms with Gasteiger partial charge in [0.05, 0.1) is 17.2 Å². The Kier molecular flexibility index (Phi) is 5.16. The minimum absolute atomic E-state index is 0.605. The van der Waals surface area contributed by atoms with E-state index in [4.69, 9.17) is 4.42 Å². The van der Waals surface area contributed by atoms with Crippen molar-refractivity contribution in [3.8, 4) is 39.6 Å². The zero-order chi connectivity index (χ0) is 24.8. The molecule has 36 heavy (non-hydrogen) atoms.